The van der Waals surface area contributed by atoms with Crippen LogP contribution in [0.1, 0.15) is 11.1 Å². The van der Waals surface area contributed by atoms with Gasteiger partial charge in [0.25, 0.3) is 0 Å². The molecule has 0 spiro atoms. The summed E-state index contributed by atoms with van der Waals surface area (Å²) < 4.78 is 38.1. The lowest BCUT2D eigenvalue weighted by Crippen LogP contribution is -2.32. The van der Waals surface area contributed by atoms with Gasteiger partial charge in [-0.25, -0.2) is 0 Å². The smallest absolute Gasteiger partial charge is 0.416 e. The second kappa shape index (κ2) is 6.19. The van der Waals surface area contributed by atoms with E-state index in [0.717, 1.165) is 12.1 Å². The maximum absolute atomic E-state index is 12.7. The fourth-order valence-corrected chi connectivity index (χ4v) is 2.05. The van der Waals surface area contributed by atoms with Gasteiger partial charge < -0.3 is 10.8 Å². The second-order valence-corrected chi connectivity index (χ2v) is 4.92. The molecule has 6 heteroatoms. The van der Waals surface area contributed by atoms with Crippen LogP contribution in [0.2, 0.25) is 0 Å². The average Bonchev–Trinajstić information content (AvgIpc) is 2.47. The number of rotatable bonds is 4. The molecule has 0 saturated carbocycles. The minimum absolute atomic E-state index is 0.165. The Balaban J connectivity index is 2.22. The third kappa shape index (κ3) is 3.85. The minimum atomic E-state index is -4.38. The number of benzene rings is 2. The van der Waals surface area contributed by atoms with E-state index in [4.69, 9.17) is 10.8 Å². The molecule has 3 nitrogen and oxygen atoms in total. The molecule has 0 bridgehead atoms. The number of hydrogen-bond acceptors (Lipinski definition) is 2. The number of carboxylic acids is 1. The molecule has 3 N–H and O–H groups in total. The molecule has 0 aliphatic heterocycles. The van der Waals surface area contributed by atoms with Crippen LogP contribution in [0.15, 0.2) is 48.5 Å². The molecular formula is C16H14F3NO2. The fraction of sp³-hybridized carbons (Fsp3) is 0.188. The maximum Gasteiger partial charge on any atom is 0.416 e. The molecule has 116 valence electrons. The normalized spacial score (nSPS) is 12.9. The zero-order valence-corrected chi connectivity index (χ0v) is 11.5. The molecule has 0 heterocycles. The topological polar surface area (TPSA) is 63.3 Å². The van der Waals surface area contributed by atoms with E-state index in [1.807, 2.05) is 0 Å². The second-order valence-electron chi connectivity index (χ2n) is 4.92. The van der Waals surface area contributed by atoms with Crippen molar-refractivity contribution in [2.75, 3.05) is 0 Å². The predicted molar refractivity (Wildman–Crippen MR) is 76.2 cm³/mol. The van der Waals surface area contributed by atoms with Gasteiger partial charge in [-0.3, -0.25) is 4.79 Å². The Labute approximate surface area is 125 Å². The number of aliphatic carboxylic acids is 1. The van der Waals surface area contributed by atoms with Crippen LogP contribution in [0.25, 0.3) is 11.1 Å². The SMILES string of the molecule is NC(Cc1ccc(-c2cccc(C(F)(F)F)c2)cc1)C(=O)O. The van der Waals surface area contributed by atoms with Gasteiger partial charge >= 0.3 is 12.1 Å². The van der Waals surface area contributed by atoms with Crippen molar-refractivity contribution >= 4 is 5.97 Å². The van der Waals surface area contributed by atoms with Gasteiger partial charge in [-0.15, -0.1) is 0 Å². The Hall–Kier alpha value is -2.34. The van der Waals surface area contributed by atoms with Crippen molar-refractivity contribution in [2.45, 2.75) is 18.6 Å². The summed E-state index contributed by atoms with van der Waals surface area (Å²) in [6.07, 6.45) is -4.22. The van der Waals surface area contributed by atoms with Gasteiger partial charge in [0.05, 0.1) is 5.56 Å². The quantitative estimate of drug-likeness (QED) is 0.910. The Morgan fingerprint density at radius 3 is 2.27 bits per heavy atom. The van der Waals surface area contributed by atoms with E-state index >= 15 is 0 Å². The van der Waals surface area contributed by atoms with Crippen LogP contribution in [-0.2, 0) is 17.4 Å². The van der Waals surface area contributed by atoms with Gasteiger partial charge in [-0.1, -0.05) is 36.4 Å². The van der Waals surface area contributed by atoms with E-state index in [1.165, 1.54) is 6.07 Å². The highest BCUT2D eigenvalue weighted by Crippen LogP contribution is 2.32. The summed E-state index contributed by atoms with van der Waals surface area (Å²) in [5, 5.41) is 8.75. The third-order valence-electron chi connectivity index (χ3n) is 3.25. The summed E-state index contributed by atoms with van der Waals surface area (Å²) >= 11 is 0. The summed E-state index contributed by atoms with van der Waals surface area (Å²) in [5.41, 5.74) is 6.52. The minimum Gasteiger partial charge on any atom is -0.480 e. The number of alkyl halides is 3. The first-order valence-corrected chi connectivity index (χ1v) is 6.52. The van der Waals surface area contributed by atoms with E-state index in [0.29, 0.717) is 16.7 Å². The number of hydrogen-bond donors (Lipinski definition) is 2. The molecule has 0 aliphatic carbocycles. The van der Waals surface area contributed by atoms with Crippen molar-refractivity contribution in [2.24, 2.45) is 5.73 Å². The number of carboxylic acid groups (broad SMARTS) is 1. The molecule has 0 saturated heterocycles. The lowest BCUT2D eigenvalue weighted by molar-refractivity contribution is -0.139. The molecule has 2 aromatic carbocycles. The van der Waals surface area contributed by atoms with E-state index in [2.05, 4.69) is 0 Å². The lowest BCUT2D eigenvalue weighted by atomic mass is 9.99. The van der Waals surface area contributed by atoms with E-state index in [9.17, 15) is 18.0 Å². The molecule has 0 aliphatic rings. The van der Waals surface area contributed by atoms with Crippen LogP contribution in [0.4, 0.5) is 13.2 Å². The van der Waals surface area contributed by atoms with Crippen molar-refractivity contribution in [1.82, 2.24) is 0 Å². The zero-order chi connectivity index (χ0) is 16.3. The third-order valence-corrected chi connectivity index (χ3v) is 3.25. The Bertz CT molecular complexity index is 666. The predicted octanol–water partition coefficient (Wildman–Crippen LogP) is 3.33. The van der Waals surface area contributed by atoms with Gasteiger partial charge in [0.2, 0.25) is 0 Å². The molecule has 2 rings (SSSR count). The zero-order valence-electron chi connectivity index (χ0n) is 11.5. The van der Waals surface area contributed by atoms with Crippen molar-refractivity contribution < 1.29 is 23.1 Å². The van der Waals surface area contributed by atoms with Gasteiger partial charge in [-0.05, 0) is 35.2 Å². The summed E-state index contributed by atoms with van der Waals surface area (Å²) in [4.78, 5) is 10.7. The molecule has 0 radical (unpaired) electrons. The first-order chi connectivity index (χ1) is 10.3. The fourth-order valence-electron chi connectivity index (χ4n) is 2.05. The molecule has 0 aromatic heterocycles. The lowest BCUT2D eigenvalue weighted by Gasteiger charge is -2.10. The van der Waals surface area contributed by atoms with Crippen molar-refractivity contribution in [3.05, 3.63) is 59.7 Å². The molecule has 22 heavy (non-hydrogen) atoms. The molecule has 1 atom stereocenters. The largest absolute Gasteiger partial charge is 0.480 e. The maximum atomic E-state index is 12.7. The van der Waals surface area contributed by atoms with Crippen LogP contribution in [-0.4, -0.2) is 17.1 Å². The van der Waals surface area contributed by atoms with E-state index in [1.54, 1.807) is 30.3 Å². The van der Waals surface area contributed by atoms with Crippen LogP contribution >= 0.6 is 0 Å². The van der Waals surface area contributed by atoms with Crippen molar-refractivity contribution in [3.8, 4) is 11.1 Å². The Kier molecular flexibility index (Phi) is 4.51. The number of nitrogens with two attached hydrogens (primary N) is 1. The first kappa shape index (κ1) is 16.0. The number of carbonyl (C=O) groups is 1. The van der Waals surface area contributed by atoms with E-state index < -0.39 is 23.8 Å². The Morgan fingerprint density at radius 2 is 1.73 bits per heavy atom. The standard InChI is InChI=1S/C16H14F3NO2/c17-16(18,19)13-3-1-2-12(9-13)11-6-4-10(5-7-11)8-14(20)15(21)22/h1-7,9,14H,8,20H2,(H,21,22). The van der Waals surface area contributed by atoms with Crippen molar-refractivity contribution in [1.29, 1.82) is 0 Å². The van der Waals surface area contributed by atoms with Gasteiger partial charge in [0, 0.05) is 0 Å². The van der Waals surface area contributed by atoms with Crippen LogP contribution in [0.3, 0.4) is 0 Å². The summed E-state index contributed by atoms with van der Waals surface area (Å²) in [6.45, 7) is 0. The summed E-state index contributed by atoms with van der Waals surface area (Å²) in [7, 11) is 0. The summed E-state index contributed by atoms with van der Waals surface area (Å²) in [6, 6.07) is 10.7. The first-order valence-electron chi connectivity index (χ1n) is 6.52. The summed E-state index contributed by atoms with van der Waals surface area (Å²) in [5.74, 6) is -1.10. The van der Waals surface area contributed by atoms with Gasteiger partial charge in [-0.2, -0.15) is 13.2 Å². The monoisotopic (exact) mass is 309 g/mol. The Morgan fingerprint density at radius 1 is 1.09 bits per heavy atom. The van der Waals surface area contributed by atoms with Crippen LogP contribution in [0, 0.1) is 0 Å². The molecule has 1 unspecified atom stereocenters. The molecule has 2 aromatic rings. The van der Waals surface area contributed by atoms with Gasteiger partial charge in [0.15, 0.2) is 0 Å². The average molecular weight is 309 g/mol. The molecular weight excluding hydrogens is 295 g/mol. The highest BCUT2D eigenvalue weighted by molar-refractivity contribution is 5.73. The number of halogens is 3. The van der Waals surface area contributed by atoms with Gasteiger partial charge in [0.1, 0.15) is 6.04 Å². The van der Waals surface area contributed by atoms with Crippen LogP contribution in [0.5, 0.6) is 0 Å². The van der Waals surface area contributed by atoms with E-state index in [-0.39, 0.29) is 6.42 Å². The molecule has 0 fully saturated rings. The van der Waals surface area contributed by atoms with Crippen LogP contribution < -0.4 is 5.73 Å². The molecule has 0 amide bonds. The highest BCUT2D eigenvalue weighted by Gasteiger charge is 2.30. The van der Waals surface area contributed by atoms with Crippen molar-refractivity contribution in [3.63, 3.8) is 0 Å². The highest BCUT2D eigenvalue weighted by atomic mass is 19.4.